The summed E-state index contributed by atoms with van der Waals surface area (Å²) in [4.78, 5) is 21.9. The van der Waals surface area contributed by atoms with E-state index in [1.165, 1.54) is 24.3 Å². The summed E-state index contributed by atoms with van der Waals surface area (Å²) in [6.45, 7) is 5.44. The molecule has 0 aliphatic heterocycles. The second-order valence-electron chi connectivity index (χ2n) is 4.16. The highest BCUT2D eigenvalue weighted by Crippen LogP contribution is 2.24. The molecule has 0 N–H and O–H groups in total. The lowest BCUT2D eigenvalue weighted by Crippen LogP contribution is -2.42. The predicted octanol–water partition coefficient (Wildman–Crippen LogP) is 2.71. The van der Waals surface area contributed by atoms with E-state index in [4.69, 9.17) is 9.47 Å². The van der Waals surface area contributed by atoms with Crippen LogP contribution in [-0.4, -0.2) is 23.1 Å². The summed E-state index contributed by atoms with van der Waals surface area (Å²) in [7, 11) is 0. The average molecular weight is 267 g/mol. The lowest BCUT2D eigenvalue weighted by Gasteiger charge is -2.27. The standard InChI is InChI=1S/C13H17NO5/c1-4-13(3,12(15)18-5-2)19-11-8-6-10(7-9-11)14(16)17/h6-9H,4-5H2,1-3H3. The summed E-state index contributed by atoms with van der Waals surface area (Å²) in [6.07, 6.45) is 0.433. The van der Waals surface area contributed by atoms with Crippen molar-refractivity contribution in [3.05, 3.63) is 34.4 Å². The monoisotopic (exact) mass is 267 g/mol. The van der Waals surface area contributed by atoms with Crippen molar-refractivity contribution in [2.75, 3.05) is 6.61 Å². The molecule has 104 valence electrons. The van der Waals surface area contributed by atoms with E-state index >= 15 is 0 Å². The maximum atomic E-state index is 11.8. The molecule has 0 aliphatic carbocycles. The van der Waals surface area contributed by atoms with Gasteiger partial charge in [0.15, 0.2) is 0 Å². The van der Waals surface area contributed by atoms with Gasteiger partial charge in [-0.1, -0.05) is 6.92 Å². The number of nitro groups is 1. The van der Waals surface area contributed by atoms with E-state index < -0.39 is 16.5 Å². The Morgan fingerprint density at radius 1 is 1.32 bits per heavy atom. The van der Waals surface area contributed by atoms with Gasteiger partial charge in [0.05, 0.1) is 11.5 Å². The van der Waals surface area contributed by atoms with Gasteiger partial charge in [-0.3, -0.25) is 10.1 Å². The molecule has 0 bridgehead atoms. The van der Waals surface area contributed by atoms with Crippen molar-refractivity contribution in [3.8, 4) is 5.75 Å². The molecule has 1 aromatic rings. The van der Waals surface area contributed by atoms with Crippen molar-refractivity contribution in [2.45, 2.75) is 32.8 Å². The van der Waals surface area contributed by atoms with Crippen molar-refractivity contribution < 1.29 is 19.2 Å². The van der Waals surface area contributed by atoms with Crippen LogP contribution < -0.4 is 4.74 Å². The van der Waals surface area contributed by atoms with Crippen LogP contribution in [-0.2, 0) is 9.53 Å². The van der Waals surface area contributed by atoms with Crippen LogP contribution in [0.3, 0.4) is 0 Å². The fourth-order valence-electron chi connectivity index (χ4n) is 1.44. The van der Waals surface area contributed by atoms with Gasteiger partial charge in [-0.05, 0) is 32.4 Å². The molecule has 0 saturated carbocycles. The van der Waals surface area contributed by atoms with Gasteiger partial charge in [-0.25, -0.2) is 4.79 Å². The Kier molecular flexibility index (Phi) is 4.86. The summed E-state index contributed by atoms with van der Waals surface area (Å²) < 4.78 is 10.6. The Morgan fingerprint density at radius 2 is 1.89 bits per heavy atom. The lowest BCUT2D eigenvalue weighted by atomic mass is 10.0. The Morgan fingerprint density at radius 3 is 2.32 bits per heavy atom. The van der Waals surface area contributed by atoms with Crippen LogP contribution in [0.5, 0.6) is 5.75 Å². The highest BCUT2D eigenvalue weighted by atomic mass is 16.6. The van der Waals surface area contributed by atoms with E-state index in [0.29, 0.717) is 12.2 Å². The number of benzene rings is 1. The molecule has 0 amide bonds. The second-order valence-corrected chi connectivity index (χ2v) is 4.16. The molecular formula is C13H17NO5. The second kappa shape index (κ2) is 6.17. The Balaban J connectivity index is 2.86. The number of nitro benzene ring substituents is 1. The highest BCUT2D eigenvalue weighted by Gasteiger charge is 2.35. The van der Waals surface area contributed by atoms with Crippen molar-refractivity contribution in [1.82, 2.24) is 0 Å². The Labute approximate surface area is 111 Å². The number of non-ortho nitro benzene ring substituents is 1. The van der Waals surface area contributed by atoms with E-state index in [9.17, 15) is 14.9 Å². The summed E-state index contributed by atoms with van der Waals surface area (Å²) in [5.41, 5.74) is -1.12. The molecule has 0 aromatic heterocycles. The van der Waals surface area contributed by atoms with Crippen molar-refractivity contribution >= 4 is 11.7 Å². The largest absolute Gasteiger partial charge is 0.476 e. The molecular weight excluding hydrogens is 250 g/mol. The Hall–Kier alpha value is -2.11. The van der Waals surface area contributed by atoms with Crippen molar-refractivity contribution in [1.29, 1.82) is 0 Å². The number of carbonyl (C=O) groups is 1. The third-order valence-corrected chi connectivity index (χ3v) is 2.77. The van der Waals surface area contributed by atoms with E-state index in [0.717, 1.165) is 0 Å². The van der Waals surface area contributed by atoms with E-state index in [2.05, 4.69) is 0 Å². The zero-order valence-electron chi connectivity index (χ0n) is 11.2. The van der Waals surface area contributed by atoms with Crippen LogP contribution >= 0.6 is 0 Å². The molecule has 0 aliphatic rings. The van der Waals surface area contributed by atoms with E-state index in [1.54, 1.807) is 13.8 Å². The number of hydrogen-bond donors (Lipinski definition) is 0. The first kappa shape index (κ1) is 14.9. The van der Waals surface area contributed by atoms with Gasteiger partial charge in [0.25, 0.3) is 5.69 Å². The van der Waals surface area contributed by atoms with Crippen LogP contribution in [0.1, 0.15) is 27.2 Å². The lowest BCUT2D eigenvalue weighted by molar-refractivity contribution is -0.384. The fraction of sp³-hybridized carbons (Fsp3) is 0.462. The van der Waals surface area contributed by atoms with Crippen LogP contribution in [0, 0.1) is 10.1 Å². The molecule has 6 heteroatoms. The minimum atomic E-state index is -1.09. The average Bonchev–Trinajstić information content (AvgIpc) is 2.39. The van der Waals surface area contributed by atoms with Gasteiger partial charge >= 0.3 is 5.97 Å². The first-order valence-electron chi connectivity index (χ1n) is 6.03. The number of nitrogens with zero attached hydrogens (tertiary/aromatic N) is 1. The maximum Gasteiger partial charge on any atom is 0.350 e. The van der Waals surface area contributed by atoms with Gasteiger partial charge in [-0.15, -0.1) is 0 Å². The summed E-state index contributed by atoms with van der Waals surface area (Å²) in [5.74, 6) is -0.0566. The molecule has 6 nitrogen and oxygen atoms in total. The highest BCUT2D eigenvalue weighted by molar-refractivity contribution is 5.79. The first-order chi connectivity index (χ1) is 8.92. The summed E-state index contributed by atoms with van der Waals surface area (Å²) in [6, 6.07) is 5.59. The summed E-state index contributed by atoms with van der Waals surface area (Å²) in [5, 5.41) is 10.5. The third-order valence-electron chi connectivity index (χ3n) is 2.77. The molecule has 0 fully saturated rings. The van der Waals surface area contributed by atoms with Crippen LogP contribution in [0.25, 0.3) is 0 Å². The van der Waals surface area contributed by atoms with Gasteiger partial charge in [0.1, 0.15) is 5.75 Å². The number of ether oxygens (including phenoxy) is 2. The maximum absolute atomic E-state index is 11.8. The van der Waals surface area contributed by atoms with Gasteiger partial charge in [0, 0.05) is 12.1 Å². The normalized spacial score (nSPS) is 13.4. The van der Waals surface area contributed by atoms with E-state index in [-0.39, 0.29) is 12.3 Å². The molecule has 19 heavy (non-hydrogen) atoms. The Bertz CT molecular complexity index is 457. The molecule has 1 atom stereocenters. The molecule has 1 aromatic carbocycles. The van der Waals surface area contributed by atoms with Crippen LogP contribution in [0.2, 0.25) is 0 Å². The first-order valence-corrected chi connectivity index (χ1v) is 6.03. The van der Waals surface area contributed by atoms with Gasteiger partial charge in [0.2, 0.25) is 5.60 Å². The minimum Gasteiger partial charge on any atom is -0.476 e. The molecule has 1 unspecified atom stereocenters. The number of hydrogen-bond acceptors (Lipinski definition) is 5. The SMILES string of the molecule is CCOC(=O)C(C)(CC)Oc1ccc([N+](=O)[O-])cc1. The van der Waals surface area contributed by atoms with Crippen molar-refractivity contribution in [2.24, 2.45) is 0 Å². The zero-order chi connectivity index (χ0) is 14.5. The van der Waals surface area contributed by atoms with Crippen LogP contribution in [0.4, 0.5) is 5.69 Å². The minimum absolute atomic E-state index is 0.0262. The fourth-order valence-corrected chi connectivity index (χ4v) is 1.44. The summed E-state index contributed by atoms with van der Waals surface area (Å²) >= 11 is 0. The molecule has 1 rings (SSSR count). The molecule has 0 spiro atoms. The quantitative estimate of drug-likeness (QED) is 0.450. The third kappa shape index (κ3) is 3.67. The molecule has 0 heterocycles. The topological polar surface area (TPSA) is 78.7 Å². The number of carbonyl (C=O) groups excluding carboxylic acids is 1. The predicted molar refractivity (Wildman–Crippen MR) is 69.1 cm³/mol. The van der Waals surface area contributed by atoms with Gasteiger partial charge < -0.3 is 9.47 Å². The zero-order valence-corrected chi connectivity index (χ0v) is 11.2. The van der Waals surface area contributed by atoms with Gasteiger partial charge in [-0.2, -0.15) is 0 Å². The number of rotatable bonds is 6. The van der Waals surface area contributed by atoms with E-state index in [1.807, 2.05) is 6.92 Å². The smallest absolute Gasteiger partial charge is 0.350 e. The number of esters is 1. The molecule has 0 saturated heterocycles. The molecule has 0 radical (unpaired) electrons. The van der Waals surface area contributed by atoms with Crippen molar-refractivity contribution in [3.63, 3.8) is 0 Å². The van der Waals surface area contributed by atoms with Crippen LogP contribution in [0.15, 0.2) is 24.3 Å².